The van der Waals surface area contributed by atoms with Crippen molar-refractivity contribution in [3.8, 4) is 0 Å². The zero-order valence-corrected chi connectivity index (χ0v) is 5.61. The Morgan fingerprint density at radius 3 is 2.10 bits per heavy atom. The molecule has 1 aliphatic heterocycles. The first-order chi connectivity index (χ1) is 4.58. The molecule has 1 saturated heterocycles. The molecule has 10 heavy (non-hydrogen) atoms. The van der Waals surface area contributed by atoms with Crippen molar-refractivity contribution in [2.75, 3.05) is 13.2 Å². The van der Waals surface area contributed by atoms with Crippen LogP contribution in [-0.4, -0.2) is 19.6 Å². The van der Waals surface area contributed by atoms with Gasteiger partial charge in [-0.05, 0) is 0 Å². The Bertz CT molecular complexity index is 110. The normalized spacial score (nSPS) is 21.9. The van der Waals surface area contributed by atoms with Gasteiger partial charge in [-0.1, -0.05) is 0 Å². The number of hydrogen-bond acceptors (Lipinski definition) is 3. The van der Waals surface area contributed by atoms with Crippen molar-refractivity contribution in [3.63, 3.8) is 0 Å². The second-order valence-electron chi connectivity index (χ2n) is 1.43. The third-order valence-electron chi connectivity index (χ3n) is 0.655. The van der Waals surface area contributed by atoms with Crippen LogP contribution in [0.1, 0.15) is 0 Å². The van der Waals surface area contributed by atoms with E-state index in [4.69, 9.17) is 0 Å². The molecule has 0 aromatic rings. The Kier molecular flexibility index (Phi) is 2.46. The molecule has 7 heteroatoms. The Morgan fingerprint density at radius 1 is 1.20 bits per heavy atom. The lowest BCUT2D eigenvalue weighted by molar-refractivity contribution is -0.277. The summed E-state index contributed by atoms with van der Waals surface area (Å²) in [4.78, 5) is 0. The van der Waals surface area contributed by atoms with Crippen molar-refractivity contribution in [1.82, 2.24) is 0 Å². The summed E-state index contributed by atoms with van der Waals surface area (Å²) in [5, 5.41) is 0. The molecule has 1 heterocycles. The van der Waals surface area contributed by atoms with Gasteiger partial charge in [0.05, 0.1) is 13.2 Å². The molecule has 0 aromatic heterocycles. The topological polar surface area (TPSA) is 27.7 Å². The van der Waals surface area contributed by atoms with Crippen LogP contribution in [0.5, 0.6) is 0 Å². The first kappa shape index (κ1) is 8.20. The first-order valence-electron chi connectivity index (χ1n) is 2.40. The highest BCUT2D eigenvalue weighted by molar-refractivity contribution is 7.41. The first-order valence-corrected chi connectivity index (χ1v) is 3.49. The maximum Gasteiger partial charge on any atom is 0.529 e. The van der Waals surface area contributed by atoms with Crippen LogP contribution in [0.2, 0.25) is 0 Å². The Morgan fingerprint density at radius 2 is 1.70 bits per heavy atom. The summed E-state index contributed by atoms with van der Waals surface area (Å²) in [7, 11) is -2.16. The average Bonchev–Trinajstić information content (AvgIpc) is 2.12. The largest absolute Gasteiger partial charge is 0.529 e. The van der Waals surface area contributed by atoms with Gasteiger partial charge in [-0.15, -0.1) is 13.2 Å². The molecule has 1 fully saturated rings. The summed E-state index contributed by atoms with van der Waals surface area (Å²) < 4.78 is 46.3. The maximum absolute atomic E-state index is 11.3. The van der Waals surface area contributed by atoms with E-state index in [1.807, 2.05) is 0 Å². The van der Waals surface area contributed by atoms with Gasteiger partial charge >= 0.3 is 15.0 Å². The molecule has 60 valence electrons. The van der Waals surface area contributed by atoms with E-state index in [-0.39, 0.29) is 13.2 Å². The van der Waals surface area contributed by atoms with Crippen molar-refractivity contribution in [3.05, 3.63) is 0 Å². The van der Waals surface area contributed by atoms with E-state index in [1.165, 1.54) is 0 Å². The number of rotatable bonds is 1. The van der Waals surface area contributed by atoms with Gasteiger partial charge in [-0.25, -0.2) is 4.52 Å². The average molecular weight is 176 g/mol. The number of hydrogen-bond donors (Lipinski definition) is 0. The Labute approximate surface area is 56.1 Å². The SMILES string of the molecule is FC(F)(F)OP1OCCO1. The highest BCUT2D eigenvalue weighted by atomic mass is 31.2. The zero-order chi connectivity index (χ0) is 7.61. The Balaban J connectivity index is 2.24. The van der Waals surface area contributed by atoms with Crippen LogP contribution in [0, 0.1) is 0 Å². The molecule has 0 atom stereocenters. The van der Waals surface area contributed by atoms with Gasteiger partial charge in [0, 0.05) is 0 Å². The number of halogens is 3. The summed E-state index contributed by atoms with van der Waals surface area (Å²) in [5.74, 6) is 0. The number of alkyl halides is 3. The van der Waals surface area contributed by atoms with E-state index in [0.717, 1.165) is 0 Å². The highest BCUT2D eigenvalue weighted by Gasteiger charge is 2.37. The minimum absolute atomic E-state index is 0.168. The summed E-state index contributed by atoms with van der Waals surface area (Å²) in [6, 6.07) is 0. The van der Waals surface area contributed by atoms with E-state index >= 15 is 0 Å². The van der Waals surface area contributed by atoms with Gasteiger partial charge < -0.3 is 9.05 Å². The Hall–Kier alpha value is 0.100. The van der Waals surface area contributed by atoms with Gasteiger partial charge in [-0.3, -0.25) is 0 Å². The van der Waals surface area contributed by atoms with Gasteiger partial charge in [0.15, 0.2) is 0 Å². The van der Waals surface area contributed by atoms with Crippen LogP contribution in [0.3, 0.4) is 0 Å². The molecule has 0 spiro atoms. The second kappa shape index (κ2) is 3.00. The second-order valence-corrected chi connectivity index (χ2v) is 2.57. The molecule has 0 radical (unpaired) electrons. The van der Waals surface area contributed by atoms with Crippen molar-refractivity contribution in [2.24, 2.45) is 0 Å². The molecular weight excluding hydrogens is 172 g/mol. The van der Waals surface area contributed by atoms with Gasteiger partial charge in [-0.2, -0.15) is 0 Å². The quantitative estimate of drug-likeness (QED) is 0.570. The summed E-state index contributed by atoms with van der Waals surface area (Å²) in [6.45, 7) is 0.337. The van der Waals surface area contributed by atoms with Gasteiger partial charge in [0.25, 0.3) is 0 Å². The monoisotopic (exact) mass is 176 g/mol. The van der Waals surface area contributed by atoms with Crippen molar-refractivity contribution in [1.29, 1.82) is 0 Å². The predicted molar refractivity (Wildman–Crippen MR) is 26.0 cm³/mol. The fraction of sp³-hybridized carbons (Fsp3) is 1.00. The lowest BCUT2D eigenvalue weighted by Crippen LogP contribution is -2.09. The molecule has 0 N–H and O–H groups in total. The smallest absolute Gasteiger partial charge is 0.310 e. The maximum atomic E-state index is 11.3. The van der Waals surface area contributed by atoms with Crippen LogP contribution in [0.15, 0.2) is 0 Å². The molecule has 1 aliphatic rings. The van der Waals surface area contributed by atoms with E-state index < -0.39 is 15.0 Å². The van der Waals surface area contributed by atoms with Crippen LogP contribution in [-0.2, 0) is 13.6 Å². The van der Waals surface area contributed by atoms with Crippen molar-refractivity contribution >= 4 is 8.60 Å². The summed E-state index contributed by atoms with van der Waals surface area (Å²) >= 11 is 0. The van der Waals surface area contributed by atoms with Crippen LogP contribution < -0.4 is 0 Å². The molecular formula is C3H4F3O3P. The van der Waals surface area contributed by atoms with E-state index in [0.29, 0.717) is 0 Å². The van der Waals surface area contributed by atoms with E-state index in [2.05, 4.69) is 13.6 Å². The lowest BCUT2D eigenvalue weighted by atomic mass is 10.8. The summed E-state index contributed by atoms with van der Waals surface area (Å²) in [5.41, 5.74) is 0. The van der Waals surface area contributed by atoms with Crippen molar-refractivity contribution < 1.29 is 26.7 Å². The molecule has 0 saturated carbocycles. The predicted octanol–water partition coefficient (Wildman–Crippen LogP) is 1.80. The molecule has 0 bridgehead atoms. The molecule has 1 rings (SSSR count). The fourth-order valence-corrected chi connectivity index (χ4v) is 1.19. The van der Waals surface area contributed by atoms with Gasteiger partial charge in [0.1, 0.15) is 0 Å². The highest BCUT2D eigenvalue weighted by Crippen LogP contribution is 2.48. The standard InChI is InChI=1S/C3H4F3O3P/c4-3(5,6)9-10-7-1-2-8-10/h1-2H2. The minimum atomic E-state index is -4.66. The summed E-state index contributed by atoms with van der Waals surface area (Å²) in [6.07, 6.45) is -4.66. The fourth-order valence-electron chi connectivity index (χ4n) is 0.398. The third-order valence-corrected chi connectivity index (χ3v) is 1.80. The van der Waals surface area contributed by atoms with Crippen LogP contribution in [0.4, 0.5) is 13.2 Å². The van der Waals surface area contributed by atoms with Crippen LogP contribution in [0.25, 0.3) is 0 Å². The van der Waals surface area contributed by atoms with E-state index in [1.54, 1.807) is 0 Å². The lowest BCUT2D eigenvalue weighted by Gasteiger charge is -2.09. The molecule has 0 amide bonds. The van der Waals surface area contributed by atoms with E-state index in [9.17, 15) is 13.2 Å². The molecule has 0 unspecified atom stereocenters. The molecule has 3 nitrogen and oxygen atoms in total. The minimum Gasteiger partial charge on any atom is -0.310 e. The zero-order valence-electron chi connectivity index (χ0n) is 4.72. The van der Waals surface area contributed by atoms with Crippen LogP contribution >= 0.6 is 8.60 Å². The van der Waals surface area contributed by atoms with Gasteiger partial charge in [0.2, 0.25) is 0 Å². The molecule has 0 aromatic carbocycles. The van der Waals surface area contributed by atoms with Crippen molar-refractivity contribution in [2.45, 2.75) is 6.36 Å². The molecule has 0 aliphatic carbocycles. The third kappa shape index (κ3) is 2.79.